The van der Waals surface area contributed by atoms with Gasteiger partial charge >= 0.3 is 0 Å². The zero-order valence-corrected chi connectivity index (χ0v) is 17.4. The first-order chi connectivity index (χ1) is 12.3. The lowest BCUT2D eigenvalue weighted by Gasteiger charge is -2.29. The van der Waals surface area contributed by atoms with Crippen molar-refractivity contribution in [2.45, 2.75) is 50.0 Å². The Kier molecular flexibility index (Phi) is 6.42. The molecule has 0 spiro atoms. The SMILES string of the molecule is Br.COc1cccc(C23CCCN(CCc4ccccc4)C(CC2)C3)c1. The number of hydrogen-bond acceptors (Lipinski definition) is 2. The molecule has 2 atom stereocenters. The molecule has 1 saturated heterocycles. The van der Waals surface area contributed by atoms with Gasteiger partial charge in [0.15, 0.2) is 0 Å². The molecule has 2 unspecified atom stereocenters. The molecule has 2 aliphatic rings. The van der Waals surface area contributed by atoms with E-state index in [2.05, 4.69) is 59.5 Å². The van der Waals surface area contributed by atoms with Crippen molar-refractivity contribution in [1.82, 2.24) is 4.90 Å². The minimum atomic E-state index is 0. The second-order valence-corrected chi connectivity index (χ2v) is 7.78. The maximum atomic E-state index is 5.48. The van der Waals surface area contributed by atoms with Crippen molar-refractivity contribution in [1.29, 1.82) is 0 Å². The van der Waals surface area contributed by atoms with Crippen LogP contribution in [0.1, 0.15) is 43.2 Å². The fourth-order valence-corrected chi connectivity index (χ4v) is 5.01. The summed E-state index contributed by atoms with van der Waals surface area (Å²) in [6.45, 7) is 2.45. The molecule has 0 radical (unpaired) electrons. The van der Waals surface area contributed by atoms with Crippen LogP contribution in [0.3, 0.4) is 0 Å². The zero-order chi connectivity index (χ0) is 17.1. The van der Waals surface area contributed by atoms with Gasteiger partial charge in [0.05, 0.1) is 7.11 Å². The number of ether oxygens (including phenoxy) is 1. The van der Waals surface area contributed by atoms with E-state index in [0.29, 0.717) is 5.41 Å². The van der Waals surface area contributed by atoms with E-state index in [1.54, 1.807) is 7.11 Å². The largest absolute Gasteiger partial charge is 0.497 e. The van der Waals surface area contributed by atoms with Gasteiger partial charge < -0.3 is 9.64 Å². The van der Waals surface area contributed by atoms with E-state index in [-0.39, 0.29) is 17.0 Å². The van der Waals surface area contributed by atoms with E-state index in [1.807, 2.05) is 0 Å². The summed E-state index contributed by atoms with van der Waals surface area (Å²) in [5, 5.41) is 0. The van der Waals surface area contributed by atoms with Crippen molar-refractivity contribution in [2.75, 3.05) is 20.2 Å². The normalized spacial score (nSPS) is 25.3. The number of benzene rings is 2. The molecule has 0 amide bonds. The van der Waals surface area contributed by atoms with E-state index in [0.717, 1.165) is 11.8 Å². The Labute approximate surface area is 168 Å². The number of likely N-dealkylation sites (tertiary alicyclic amines) is 1. The third-order valence-corrected chi connectivity index (χ3v) is 6.41. The quantitative estimate of drug-likeness (QED) is 0.647. The molecular formula is C23H30BrNO. The van der Waals surface area contributed by atoms with Gasteiger partial charge in [0.1, 0.15) is 5.75 Å². The Balaban J connectivity index is 0.00000196. The molecule has 2 aromatic carbocycles. The number of halogens is 1. The van der Waals surface area contributed by atoms with Crippen molar-refractivity contribution in [3.63, 3.8) is 0 Å². The van der Waals surface area contributed by atoms with Crippen molar-refractivity contribution >= 4 is 17.0 Å². The van der Waals surface area contributed by atoms with Gasteiger partial charge in [-0.1, -0.05) is 42.5 Å². The molecule has 1 aliphatic carbocycles. The van der Waals surface area contributed by atoms with Crippen molar-refractivity contribution in [3.05, 3.63) is 65.7 Å². The van der Waals surface area contributed by atoms with Crippen LogP contribution in [0.15, 0.2) is 54.6 Å². The summed E-state index contributed by atoms with van der Waals surface area (Å²) < 4.78 is 5.48. The third kappa shape index (κ3) is 3.99. The van der Waals surface area contributed by atoms with Crippen LogP contribution in [-0.2, 0) is 11.8 Å². The van der Waals surface area contributed by atoms with Gasteiger partial charge in [0.2, 0.25) is 0 Å². The van der Waals surface area contributed by atoms with Crippen LogP contribution in [0.4, 0.5) is 0 Å². The lowest BCUT2D eigenvalue weighted by Crippen LogP contribution is -2.35. The molecule has 140 valence electrons. The molecule has 2 fully saturated rings. The Hall–Kier alpha value is -1.32. The van der Waals surface area contributed by atoms with Gasteiger partial charge in [0, 0.05) is 12.6 Å². The van der Waals surface area contributed by atoms with Gasteiger partial charge in [0.25, 0.3) is 0 Å². The van der Waals surface area contributed by atoms with Gasteiger partial charge in [-0.05, 0) is 73.7 Å². The van der Waals surface area contributed by atoms with Crippen LogP contribution in [0.5, 0.6) is 5.75 Å². The van der Waals surface area contributed by atoms with Crippen LogP contribution >= 0.6 is 17.0 Å². The van der Waals surface area contributed by atoms with Crippen LogP contribution in [0.25, 0.3) is 0 Å². The molecule has 3 heteroatoms. The Morgan fingerprint density at radius 1 is 1.08 bits per heavy atom. The fraction of sp³-hybridized carbons (Fsp3) is 0.478. The molecule has 2 bridgehead atoms. The van der Waals surface area contributed by atoms with E-state index in [4.69, 9.17) is 4.74 Å². The van der Waals surface area contributed by atoms with Crippen molar-refractivity contribution < 1.29 is 4.74 Å². The van der Waals surface area contributed by atoms with Gasteiger partial charge in [-0.25, -0.2) is 0 Å². The minimum absolute atomic E-state index is 0. The van der Waals surface area contributed by atoms with E-state index < -0.39 is 0 Å². The molecule has 2 aromatic rings. The second-order valence-electron chi connectivity index (χ2n) is 7.78. The predicted octanol–water partition coefficient (Wildman–Crippen LogP) is 5.40. The molecule has 26 heavy (non-hydrogen) atoms. The smallest absolute Gasteiger partial charge is 0.119 e. The maximum Gasteiger partial charge on any atom is 0.119 e. The summed E-state index contributed by atoms with van der Waals surface area (Å²) in [7, 11) is 1.77. The standard InChI is InChI=1S/C23H29NO.BrH/c1-25-22-10-5-9-20(17-22)23-13-6-15-24(21(18-23)11-14-23)16-12-19-7-3-2-4-8-19;/h2-5,7-10,17,21H,6,11-16,18H2,1H3;1H. The summed E-state index contributed by atoms with van der Waals surface area (Å²) in [6.07, 6.45) is 7.78. The monoisotopic (exact) mass is 415 g/mol. The van der Waals surface area contributed by atoms with Crippen molar-refractivity contribution in [3.8, 4) is 5.75 Å². The Morgan fingerprint density at radius 3 is 2.73 bits per heavy atom. The van der Waals surface area contributed by atoms with Gasteiger partial charge in [-0.15, -0.1) is 17.0 Å². The topological polar surface area (TPSA) is 12.5 Å². The zero-order valence-electron chi connectivity index (χ0n) is 15.7. The molecule has 0 N–H and O–H groups in total. The summed E-state index contributed by atoms with van der Waals surface area (Å²) in [6, 6.07) is 20.5. The molecule has 1 aliphatic heterocycles. The first kappa shape index (κ1) is 19.4. The molecule has 1 saturated carbocycles. The van der Waals surface area contributed by atoms with Crippen LogP contribution in [-0.4, -0.2) is 31.1 Å². The fourth-order valence-electron chi connectivity index (χ4n) is 5.01. The minimum Gasteiger partial charge on any atom is -0.497 e. The lowest BCUT2D eigenvalue weighted by molar-refractivity contribution is 0.206. The van der Waals surface area contributed by atoms with Crippen LogP contribution in [0.2, 0.25) is 0 Å². The Bertz CT molecular complexity index is 704. The summed E-state index contributed by atoms with van der Waals surface area (Å²) >= 11 is 0. The van der Waals surface area contributed by atoms with E-state index in [9.17, 15) is 0 Å². The third-order valence-electron chi connectivity index (χ3n) is 6.41. The highest BCUT2D eigenvalue weighted by Crippen LogP contribution is 2.48. The lowest BCUT2D eigenvalue weighted by atomic mass is 9.75. The molecular weight excluding hydrogens is 386 g/mol. The highest BCUT2D eigenvalue weighted by Gasteiger charge is 2.44. The van der Waals surface area contributed by atoms with Gasteiger partial charge in [-0.2, -0.15) is 0 Å². The highest BCUT2D eigenvalue weighted by molar-refractivity contribution is 8.93. The number of nitrogens with zero attached hydrogens (tertiary/aromatic N) is 1. The number of hydrogen-bond donors (Lipinski definition) is 0. The second kappa shape index (κ2) is 8.58. The predicted molar refractivity (Wildman–Crippen MR) is 114 cm³/mol. The summed E-state index contributed by atoms with van der Waals surface area (Å²) in [4.78, 5) is 2.77. The molecule has 2 nitrogen and oxygen atoms in total. The van der Waals surface area contributed by atoms with Crippen molar-refractivity contribution in [2.24, 2.45) is 0 Å². The summed E-state index contributed by atoms with van der Waals surface area (Å²) in [5.74, 6) is 1.00. The summed E-state index contributed by atoms with van der Waals surface area (Å²) in [5.41, 5.74) is 3.34. The Morgan fingerprint density at radius 2 is 1.92 bits per heavy atom. The van der Waals surface area contributed by atoms with Crippen LogP contribution < -0.4 is 4.74 Å². The molecule has 1 heterocycles. The first-order valence-electron chi connectivity index (χ1n) is 9.72. The first-order valence-corrected chi connectivity index (χ1v) is 9.72. The molecule has 4 rings (SSSR count). The van der Waals surface area contributed by atoms with E-state index >= 15 is 0 Å². The maximum absolute atomic E-state index is 5.48. The number of rotatable bonds is 5. The van der Waals surface area contributed by atoms with Gasteiger partial charge in [-0.3, -0.25) is 0 Å². The number of fused-ring (bicyclic) bond motifs is 2. The average molecular weight is 416 g/mol. The van der Waals surface area contributed by atoms with Crippen LogP contribution in [0, 0.1) is 0 Å². The molecule has 0 aromatic heterocycles. The highest BCUT2D eigenvalue weighted by atomic mass is 79.9. The van der Waals surface area contributed by atoms with E-state index in [1.165, 1.54) is 62.7 Å². The average Bonchev–Trinajstić information content (AvgIpc) is 3.01. The number of methoxy groups -OCH3 is 1.